The van der Waals surface area contributed by atoms with Gasteiger partial charge in [0.05, 0.1) is 11.8 Å². The maximum absolute atomic E-state index is 12.6. The molecule has 0 aliphatic heterocycles. The highest BCUT2D eigenvalue weighted by atomic mass is 32.2. The highest BCUT2D eigenvalue weighted by Gasteiger charge is 2.19. The van der Waals surface area contributed by atoms with E-state index in [0.29, 0.717) is 17.6 Å². The molecule has 0 aliphatic carbocycles. The van der Waals surface area contributed by atoms with Gasteiger partial charge in [-0.1, -0.05) is 81.1 Å². The summed E-state index contributed by atoms with van der Waals surface area (Å²) in [5.74, 6) is 1.15. The molecular weight excluding hydrogens is 444 g/mol. The van der Waals surface area contributed by atoms with E-state index in [1.165, 1.54) is 33.5 Å². The third kappa shape index (κ3) is 7.33. The highest BCUT2D eigenvalue weighted by Crippen LogP contribution is 2.27. The zero-order chi connectivity index (χ0) is 22.2. The average molecular weight is 475 g/mol. The predicted molar refractivity (Wildman–Crippen MR) is 133 cm³/mol. The molecule has 1 aromatic carbocycles. The van der Waals surface area contributed by atoms with Gasteiger partial charge in [0.1, 0.15) is 0 Å². The van der Waals surface area contributed by atoms with Crippen molar-refractivity contribution in [2.75, 3.05) is 17.6 Å². The van der Waals surface area contributed by atoms with Crippen LogP contribution in [0.25, 0.3) is 0 Å². The number of anilines is 1. The number of nitrogens with one attached hydrogen (secondary N) is 2. The van der Waals surface area contributed by atoms with Gasteiger partial charge in [-0.15, -0.1) is 21.5 Å². The molecule has 8 heteroatoms. The Bertz CT molecular complexity index is 936. The van der Waals surface area contributed by atoms with Crippen LogP contribution in [0.5, 0.6) is 0 Å². The largest absolute Gasteiger partial charge is 0.360 e. The summed E-state index contributed by atoms with van der Waals surface area (Å²) in [6, 6.07) is 12.8. The maximum atomic E-state index is 12.6. The van der Waals surface area contributed by atoms with Gasteiger partial charge in [-0.25, -0.2) is 0 Å². The first-order valence-electron chi connectivity index (χ1n) is 10.5. The van der Waals surface area contributed by atoms with Gasteiger partial charge in [-0.2, -0.15) is 0 Å². The smallest absolute Gasteiger partial charge is 0.230 e. The standard InChI is InChI=1S/C23H30N4OS3/c1-15(2)17-7-9-18(10-8-17)21(16(3)4)25-20(28)14-30-23-27-26-22(31-23)24-12-11-19-6-5-13-29-19/h5-10,13,15-16,21H,11-12,14H2,1-4H3,(H,24,26)(H,25,28). The van der Waals surface area contributed by atoms with E-state index in [4.69, 9.17) is 0 Å². The fourth-order valence-electron chi connectivity index (χ4n) is 3.15. The molecule has 2 heterocycles. The minimum Gasteiger partial charge on any atom is -0.360 e. The molecule has 2 aromatic heterocycles. The molecule has 5 nitrogen and oxygen atoms in total. The third-order valence-corrected chi connectivity index (χ3v) is 7.86. The summed E-state index contributed by atoms with van der Waals surface area (Å²) in [6.07, 6.45) is 0.969. The normalized spacial score (nSPS) is 12.3. The van der Waals surface area contributed by atoms with Gasteiger partial charge in [-0.05, 0) is 40.8 Å². The molecule has 3 aromatic rings. The molecule has 0 aliphatic rings. The van der Waals surface area contributed by atoms with E-state index in [1.807, 2.05) is 0 Å². The van der Waals surface area contributed by atoms with Crippen molar-refractivity contribution in [3.8, 4) is 0 Å². The van der Waals surface area contributed by atoms with Crippen LogP contribution in [0.4, 0.5) is 5.13 Å². The average Bonchev–Trinajstić information content (AvgIpc) is 3.42. The van der Waals surface area contributed by atoms with Crippen molar-refractivity contribution in [1.82, 2.24) is 15.5 Å². The summed E-state index contributed by atoms with van der Waals surface area (Å²) in [6.45, 7) is 9.46. The van der Waals surface area contributed by atoms with E-state index in [0.717, 1.165) is 28.0 Å². The molecule has 0 spiro atoms. The molecule has 0 radical (unpaired) electrons. The van der Waals surface area contributed by atoms with Gasteiger partial charge in [0.15, 0.2) is 4.34 Å². The number of carbonyl (C=O) groups is 1. The molecule has 1 unspecified atom stereocenters. The quantitative estimate of drug-likeness (QED) is 0.335. The highest BCUT2D eigenvalue weighted by molar-refractivity contribution is 8.01. The topological polar surface area (TPSA) is 66.9 Å². The lowest BCUT2D eigenvalue weighted by molar-refractivity contribution is -0.119. The van der Waals surface area contributed by atoms with Crippen LogP contribution in [-0.2, 0) is 11.2 Å². The van der Waals surface area contributed by atoms with Crippen molar-refractivity contribution in [3.63, 3.8) is 0 Å². The van der Waals surface area contributed by atoms with Gasteiger partial charge in [-0.3, -0.25) is 4.79 Å². The van der Waals surface area contributed by atoms with Crippen LogP contribution in [0.2, 0.25) is 0 Å². The Morgan fingerprint density at radius 3 is 2.45 bits per heavy atom. The zero-order valence-corrected chi connectivity index (χ0v) is 20.9. The summed E-state index contributed by atoms with van der Waals surface area (Å²) < 4.78 is 0.802. The van der Waals surface area contributed by atoms with Crippen molar-refractivity contribution in [2.24, 2.45) is 5.92 Å². The van der Waals surface area contributed by atoms with Crippen LogP contribution in [0.15, 0.2) is 46.1 Å². The molecule has 31 heavy (non-hydrogen) atoms. The van der Waals surface area contributed by atoms with E-state index >= 15 is 0 Å². The Balaban J connectivity index is 1.47. The van der Waals surface area contributed by atoms with Crippen molar-refractivity contribution in [1.29, 1.82) is 0 Å². The molecule has 0 saturated carbocycles. The molecule has 0 saturated heterocycles. The minimum atomic E-state index is -0.00166. The summed E-state index contributed by atoms with van der Waals surface area (Å²) in [5.41, 5.74) is 2.45. The minimum absolute atomic E-state index is 0.00166. The molecule has 0 fully saturated rings. The Hall–Kier alpha value is -1.90. The Kier molecular flexibility index (Phi) is 8.92. The number of thiophene rings is 1. The van der Waals surface area contributed by atoms with Crippen molar-refractivity contribution < 1.29 is 4.79 Å². The number of benzene rings is 1. The molecule has 3 rings (SSSR count). The summed E-state index contributed by atoms with van der Waals surface area (Å²) in [7, 11) is 0. The first-order valence-corrected chi connectivity index (χ1v) is 13.2. The number of nitrogens with zero attached hydrogens (tertiary/aromatic N) is 2. The monoisotopic (exact) mass is 474 g/mol. The lowest BCUT2D eigenvalue weighted by atomic mass is 9.93. The number of amides is 1. The van der Waals surface area contributed by atoms with Crippen LogP contribution in [0.1, 0.15) is 55.7 Å². The van der Waals surface area contributed by atoms with Crippen LogP contribution >= 0.6 is 34.4 Å². The Labute approximate surface area is 197 Å². The number of aromatic nitrogens is 2. The van der Waals surface area contributed by atoms with Crippen LogP contribution in [0.3, 0.4) is 0 Å². The van der Waals surface area contributed by atoms with E-state index < -0.39 is 0 Å². The number of hydrogen-bond donors (Lipinski definition) is 2. The first-order chi connectivity index (χ1) is 14.9. The van der Waals surface area contributed by atoms with Gasteiger partial charge < -0.3 is 10.6 Å². The van der Waals surface area contributed by atoms with Gasteiger partial charge >= 0.3 is 0 Å². The van der Waals surface area contributed by atoms with E-state index in [1.54, 1.807) is 11.3 Å². The van der Waals surface area contributed by atoms with Crippen molar-refractivity contribution in [3.05, 3.63) is 57.8 Å². The number of thioether (sulfide) groups is 1. The number of carbonyl (C=O) groups excluding carboxylic acids is 1. The van der Waals surface area contributed by atoms with Crippen molar-refractivity contribution in [2.45, 2.75) is 50.4 Å². The zero-order valence-electron chi connectivity index (χ0n) is 18.4. The fraction of sp³-hybridized carbons (Fsp3) is 0.435. The van der Waals surface area contributed by atoms with Crippen molar-refractivity contribution >= 4 is 45.5 Å². The van der Waals surface area contributed by atoms with Gasteiger partial charge in [0.2, 0.25) is 11.0 Å². The molecule has 1 atom stereocenters. The van der Waals surface area contributed by atoms with Gasteiger partial charge in [0, 0.05) is 11.4 Å². The molecule has 1 amide bonds. The molecule has 2 N–H and O–H groups in total. The Morgan fingerprint density at radius 1 is 1.06 bits per heavy atom. The predicted octanol–water partition coefficient (Wildman–Crippen LogP) is 5.98. The van der Waals surface area contributed by atoms with E-state index in [9.17, 15) is 4.79 Å². The van der Waals surface area contributed by atoms with E-state index in [2.05, 4.69) is 90.3 Å². The summed E-state index contributed by atoms with van der Waals surface area (Å²) in [5, 5.41) is 17.8. The van der Waals surface area contributed by atoms with Crippen LogP contribution in [0, 0.1) is 5.92 Å². The third-order valence-electron chi connectivity index (χ3n) is 4.91. The lowest BCUT2D eigenvalue weighted by Gasteiger charge is -2.23. The van der Waals surface area contributed by atoms with Crippen LogP contribution in [-0.4, -0.2) is 28.4 Å². The number of rotatable bonds is 11. The number of hydrogen-bond acceptors (Lipinski definition) is 7. The van der Waals surface area contributed by atoms with E-state index in [-0.39, 0.29) is 11.9 Å². The van der Waals surface area contributed by atoms with Gasteiger partial charge in [0.25, 0.3) is 0 Å². The SMILES string of the molecule is CC(C)c1ccc(C(NC(=O)CSc2nnc(NCCc3cccs3)s2)C(C)C)cc1. The second-order valence-electron chi connectivity index (χ2n) is 8.03. The second kappa shape index (κ2) is 11.6. The molecule has 0 bridgehead atoms. The first kappa shape index (κ1) is 23.8. The summed E-state index contributed by atoms with van der Waals surface area (Å²) in [4.78, 5) is 13.9. The lowest BCUT2D eigenvalue weighted by Crippen LogP contribution is -2.33. The molecular formula is C23H30N4OS3. The maximum Gasteiger partial charge on any atom is 0.230 e. The Morgan fingerprint density at radius 2 is 1.81 bits per heavy atom. The fourth-order valence-corrected chi connectivity index (χ4v) is 5.45. The molecule has 166 valence electrons. The van der Waals surface area contributed by atoms with Crippen LogP contribution < -0.4 is 10.6 Å². The summed E-state index contributed by atoms with van der Waals surface area (Å²) >= 11 is 4.68. The second-order valence-corrected chi connectivity index (χ2v) is 11.3.